The van der Waals surface area contributed by atoms with Gasteiger partial charge in [-0.1, -0.05) is 53.2 Å². The zero-order chi connectivity index (χ0) is 25.9. The molecule has 6 rings (SSSR count). The van der Waals surface area contributed by atoms with Crippen LogP contribution < -0.4 is 5.32 Å². The number of amides is 1. The average Bonchev–Trinajstić information content (AvgIpc) is 3.67. The zero-order valence-corrected chi connectivity index (χ0v) is 21.8. The summed E-state index contributed by atoms with van der Waals surface area (Å²) in [6.07, 6.45) is 2.22. The van der Waals surface area contributed by atoms with Crippen molar-refractivity contribution in [3.05, 3.63) is 111 Å². The predicted molar refractivity (Wildman–Crippen MR) is 148 cm³/mol. The first-order chi connectivity index (χ1) is 18.6. The summed E-state index contributed by atoms with van der Waals surface area (Å²) >= 11 is 8.00. The molecule has 0 radical (unpaired) electrons. The number of aromatic nitrogens is 5. The molecule has 0 aliphatic heterocycles. The van der Waals surface area contributed by atoms with Gasteiger partial charge in [-0.25, -0.2) is 4.79 Å². The summed E-state index contributed by atoms with van der Waals surface area (Å²) in [4.78, 5) is 12.3. The van der Waals surface area contributed by atoms with Crippen LogP contribution in [0.15, 0.2) is 78.3 Å². The van der Waals surface area contributed by atoms with Crippen LogP contribution in [0.3, 0.4) is 0 Å². The van der Waals surface area contributed by atoms with E-state index in [1.54, 1.807) is 11.3 Å². The third-order valence-corrected chi connectivity index (χ3v) is 7.62. The lowest BCUT2D eigenvalue weighted by molar-refractivity contribution is 0.139. The van der Waals surface area contributed by atoms with Gasteiger partial charge in [0.05, 0.1) is 0 Å². The minimum atomic E-state index is -0.457. The topological polar surface area (TPSA) is 97.7 Å². The van der Waals surface area contributed by atoms with Gasteiger partial charge in [-0.2, -0.15) is 5.21 Å². The number of tetrazole rings is 1. The number of H-pyrrole nitrogens is 1. The van der Waals surface area contributed by atoms with Crippen molar-refractivity contribution in [1.82, 2.24) is 30.5 Å². The van der Waals surface area contributed by atoms with Crippen LogP contribution in [0.2, 0.25) is 5.02 Å². The van der Waals surface area contributed by atoms with Crippen molar-refractivity contribution in [1.29, 1.82) is 0 Å². The number of rotatable bonds is 8. The number of alkyl carbamates (subject to hydrolysis) is 1. The predicted octanol–water partition coefficient (Wildman–Crippen LogP) is 6.09. The summed E-state index contributed by atoms with van der Waals surface area (Å²) < 4.78 is 8.79. The first-order valence-electron chi connectivity index (χ1n) is 12.1. The summed E-state index contributed by atoms with van der Waals surface area (Å²) in [5, 5.41) is 22.5. The van der Waals surface area contributed by atoms with Crippen LogP contribution in [0.4, 0.5) is 4.79 Å². The maximum atomic E-state index is 12.3. The number of carbonyl (C=O) groups excluding carboxylic acids is 1. The summed E-state index contributed by atoms with van der Waals surface area (Å²) in [5.74, 6) is 0.616. The maximum absolute atomic E-state index is 12.3. The van der Waals surface area contributed by atoms with Gasteiger partial charge in [-0.15, -0.1) is 21.5 Å². The third-order valence-electron chi connectivity index (χ3n) is 6.37. The highest BCUT2D eigenvalue weighted by molar-refractivity contribution is 7.17. The van der Waals surface area contributed by atoms with Gasteiger partial charge in [0.25, 0.3) is 0 Å². The molecule has 3 heterocycles. The van der Waals surface area contributed by atoms with Crippen molar-refractivity contribution in [3.8, 4) is 0 Å². The highest BCUT2D eigenvalue weighted by Crippen LogP contribution is 2.31. The van der Waals surface area contributed by atoms with Crippen LogP contribution in [0.5, 0.6) is 0 Å². The van der Waals surface area contributed by atoms with Gasteiger partial charge < -0.3 is 14.6 Å². The fourth-order valence-electron chi connectivity index (χ4n) is 4.54. The SMILES string of the molecule is O=C(NCc1ccc2c(c1)c(Cc1nn[nH]n1)cn2Cc1csc2ccc(Cl)cc12)OCc1ccccc1. The van der Waals surface area contributed by atoms with Crippen molar-refractivity contribution in [3.63, 3.8) is 0 Å². The molecule has 8 nitrogen and oxygen atoms in total. The van der Waals surface area contributed by atoms with E-state index in [2.05, 4.69) is 60.3 Å². The second kappa shape index (κ2) is 10.6. The molecular formula is C28H23ClN6O2S. The summed E-state index contributed by atoms with van der Waals surface area (Å²) in [7, 11) is 0. The molecule has 0 saturated carbocycles. The summed E-state index contributed by atoms with van der Waals surface area (Å²) in [6, 6.07) is 21.8. The van der Waals surface area contributed by atoms with E-state index in [4.69, 9.17) is 16.3 Å². The smallest absolute Gasteiger partial charge is 0.407 e. The van der Waals surface area contributed by atoms with E-state index in [1.807, 2.05) is 48.5 Å². The standard InChI is InChI=1S/C28H23ClN6O2S/c29-22-7-9-26-24(12-22)21(17-38-26)15-35-14-20(11-27-31-33-34-32-27)23-10-19(6-8-25(23)35)13-30-28(36)37-16-18-4-2-1-3-5-18/h1-10,12,14,17H,11,13,15-16H2,(H,30,36)(H,31,32,33,34). The Hall–Kier alpha value is -4.21. The molecular weight excluding hydrogens is 520 g/mol. The molecule has 3 aromatic heterocycles. The molecule has 38 heavy (non-hydrogen) atoms. The third kappa shape index (κ3) is 5.25. The number of carbonyl (C=O) groups is 1. The first kappa shape index (κ1) is 24.1. The summed E-state index contributed by atoms with van der Waals surface area (Å²) in [6.45, 7) is 1.28. The van der Waals surface area contributed by atoms with Gasteiger partial charge in [0, 0.05) is 46.3 Å². The Labute approximate surface area is 227 Å². The molecule has 0 unspecified atom stereocenters. The van der Waals surface area contributed by atoms with E-state index in [9.17, 15) is 4.79 Å². The molecule has 0 aliphatic carbocycles. The van der Waals surface area contributed by atoms with Crippen molar-refractivity contribution >= 4 is 50.0 Å². The van der Waals surface area contributed by atoms with Crippen molar-refractivity contribution in [2.45, 2.75) is 26.1 Å². The fraction of sp³-hybridized carbons (Fsp3) is 0.143. The van der Waals surface area contributed by atoms with Gasteiger partial charge >= 0.3 is 6.09 Å². The number of benzene rings is 3. The number of halogens is 1. The Bertz CT molecular complexity index is 1710. The molecule has 190 valence electrons. The van der Waals surface area contributed by atoms with E-state index >= 15 is 0 Å². The molecule has 3 aromatic carbocycles. The van der Waals surface area contributed by atoms with Crippen LogP contribution >= 0.6 is 22.9 Å². The zero-order valence-electron chi connectivity index (χ0n) is 20.2. The normalized spacial score (nSPS) is 11.3. The van der Waals surface area contributed by atoms with E-state index in [1.165, 1.54) is 15.6 Å². The molecule has 0 saturated heterocycles. The van der Waals surface area contributed by atoms with Crippen molar-refractivity contribution in [2.75, 3.05) is 0 Å². The van der Waals surface area contributed by atoms with Crippen molar-refractivity contribution < 1.29 is 9.53 Å². The van der Waals surface area contributed by atoms with Crippen molar-refractivity contribution in [2.24, 2.45) is 0 Å². The van der Waals surface area contributed by atoms with E-state index in [0.29, 0.717) is 25.3 Å². The Balaban J connectivity index is 1.24. The van der Waals surface area contributed by atoms with Crippen LogP contribution in [0.25, 0.3) is 21.0 Å². The largest absolute Gasteiger partial charge is 0.445 e. The fourth-order valence-corrected chi connectivity index (χ4v) is 5.64. The number of nitrogens with zero attached hydrogens (tertiary/aromatic N) is 4. The highest BCUT2D eigenvalue weighted by Gasteiger charge is 2.14. The lowest BCUT2D eigenvalue weighted by Crippen LogP contribution is -2.23. The number of nitrogens with one attached hydrogen (secondary N) is 2. The second-order valence-corrected chi connectivity index (χ2v) is 10.3. The van der Waals surface area contributed by atoms with Crippen LogP contribution in [0, 0.1) is 0 Å². The molecule has 2 N–H and O–H groups in total. The Morgan fingerprint density at radius 2 is 1.92 bits per heavy atom. The van der Waals surface area contributed by atoms with E-state index in [-0.39, 0.29) is 6.61 Å². The minimum absolute atomic E-state index is 0.228. The Morgan fingerprint density at radius 3 is 2.76 bits per heavy atom. The Kier molecular flexibility index (Phi) is 6.76. The first-order valence-corrected chi connectivity index (χ1v) is 13.3. The molecule has 6 aromatic rings. The number of ether oxygens (including phenoxy) is 1. The van der Waals surface area contributed by atoms with Gasteiger partial charge in [-0.05, 0) is 63.4 Å². The molecule has 0 bridgehead atoms. The lowest BCUT2D eigenvalue weighted by Gasteiger charge is -2.09. The molecule has 0 spiro atoms. The number of thiophene rings is 1. The number of hydrogen-bond acceptors (Lipinski definition) is 6. The molecule has 1 amide bonds. The van der Waals surface area contributed by atoms with Crippen LogP contribution in [0.1, 0.15) is 28.1 Å². The molecule has 0 atom stereocenters. The number of fused-ring (bicyclic) bond motifs is 2. The molecule has 0 aliphatic rings. The molecule has 10 heteroatoms. The number of aromatic amines is 1. The van der Waals surface area contributed by atoms with Crippen LogP contribution in [-0.4, -0.2) is 31.3 Å². The lowest BCUT2D eigenvalue weighted by atomic mass is 10.1. The quantitative estimate of drug-likeness (QED) is 0.242. The van der Waals surface area contributed by atoms with Gasteiger partial charge in [0.15, 0.2) is 5.82 Å². The van der Waals surface area contributed by atoms with E-state index < -0.39 is 6.09 Å². The van der Waals surface area contributed by atoms with Gasteiger partial charge in [-0.3, -0.25) is 0 Å². The maximum Gasteiger partial charge on any atom is 0.407 e. The summed E-state index contributed by atoms with van der Waals surface area (Å²) in [5.41, 5.74) is 5.28. The minimum Gasteiger partial charge on any atom is -0.445 e. The average molecular weight is 543 g/mol. The second-order valence-electron chi connectivity index (χ2n) is 8.96. The number of hydrogen-bond donors (Lipinski definition) is 2. The van der Waals surface area contributed by atoms with Gasteiger partial charge in [0.2, 0.25) is 0 Å². The van der Waals surface area contributed by atoms with E-state index in [0.717, 1.165) is 32.6 Å². The van der Waals surface area contributed by atoms with Crippen LogP contribution in [-0.2, 0) is 30.9 Å². The Morgan fingerprint density at radius 1 is 1.03 bits per heavy atom. The highest BCUT2D eigenvalue weighted by atomic mass is 35.5. The van der Waals surface area contributed by atoms with Gasteiger partial charge in [0.1, 0.15) is 6.61 Å². The molecule has 0 fully saturated rings. The monoisotopic (exact) mass is 542 g/mol.